The maximum Gasteiger partial charge on any atom is 0.305 e. The van der Waals surface area contributed by atoms with E-state index >= 15 is 0 Å². The minimum absolute atomic E-state index is 0.174. The lowest BCUT2D eigenvalue weighted by molar-refractivity contribution is -0.138. The third-order valence-electron chi connectivity index (χ3n) is 4.35. The summed E-state index contributed by atoms with van der Waals surface area (Å²) in [7, 11) is 0. The number of benzene rings is 1. The summed E-state index contributed by atoms with van der Waals surface area (Å²) < 4.78 is 18.3. The zero-order chi connectivity index (χ0) is 16.8. The fourth-order valence-electron chi connectivity index (χ4n) is 2.85. The van der Waals surface area contributed by atoms with Gasteiger partial charge in [-0.15, -0.1) is 0 Å². The fraction of sp³-hybridized carbons (Fsp3) is 0.529. The highest BCUT2D eigenvalue weighted by atomic mass is 19.1. The standard InChI is InChI=1S/C17H22FNO4/c1-11(12-6-8-23-9-7-12)17(22)19-15(10-16(20)21)13-2-4-14(18)5-3-13/h2-5,11-12,15H,6-10H2,1H3,(H,19,22)(H,20,21). The van der Waals surface area contributed by atoms with Crippen LogP contribution in [0.2, 0.25) is 0 Å². The third-order valence-corrected chi connectivity index (χ3v) is 4.35. The molecule has 1 aromatic carbocycles. The van der Waals surface area contributed by atoms with E-state index in [4.69, 9.17) is 9.84 Å². The number of rotatable bonds is 6. The van der Waals surface area contributed by atoms with Crippen LogP contribution in [0.5, 0.6) is 0 Å². The predicted molar refractivity (Wildman–Crippen MR) is 82.2 cm³/mol. The van der Waals surface area contributed by atoms with Crippen molar-refractivity contribution in [2.24, 2.45) is 11.8 Å². The van der Waals surface area contributed by atoms with Crippen molar-refractivity contribution >= 4 is 11.9 Å². The first-order valence-corrected chi connectivity index (χ1v) is 7.82. The number of carboxylic acid groups (broad SMARTS) is 1. The Morgan fingerprint density at radius 1 is 1.30 bits per heavy atom. The summed E-state index contributed by atoms with van der Waals surface area (Å²) in [5.41, 5.74) is 0.585. The average molecular weight is 323 g/mol. The smallest absolute Gasteiger partial charge is 0.305 e. The number of aliphatic carboxylic acids is 1. The number of carboxylic acids is 1. The number of carbonyl (C=O) groups excluding carboxylic acids is 1. The first kappa shape index (κ1) is 17.4. The quantitative estimate of drug-likeness (QED) is 0.843. The summed E-state index contributed by atoms with van der Waals surface area (Å²) in [6.45, 7) is 3.16. The predicted octanol–water partition coefficient (Wildman–Crippen LogP) is 2.52. The molecule has 1 saturated heterocycles. The van der Waals surface area contributed by atoms with Crippen LogP contribution in [0.4, 0.5) is 4.39 Å². The Morgan fingerprint density at radius 3 is 2.48 bits per heavy atom. The van der Waals surface area contributed by atoms with Crippen molar-refractivity contribution in [3.05, 3.63) is 35.6 Å². The minimum atomic E-state index is -1.02. The molecule has 1 aromatic rings. The van der Waals surface area contributed by atoms with Crippen LogP contribution >= 0.6 is 0 Å². The summed E-state index contributed by atoms with van der Waals surface area (Å²) in [6, 6.07) is 4.86. The van der Waals surface area contributed by atoms with Gasteiger partial charge in [0.2, 0.25) is 5.91 Å². The van der Waals surface area contributed by atoms with Gasteiger partial charge in [-0.25, -0.2) is 4.39 Å². The van der Waals surface area contributed by atoms with Crippen LogP contribution in [0.15, 0.2) is 24.3 Å². The number of nitrogens with one attached hydrogen (secondary N) is 1. The second kappa shape index (κ2) is 8.06. The molecule has 2 atom stereocenters. The molecule has 2 unspecified atom stereocenters. The first-order valence-electron chi connectivity index (χ1n) is 7.82. The highest BCUT2D eigenvalue weighted by Gasteiger charge is 2.28. The maximum atomic E-state index is 13.0. The molecule has 6 heteroatoms. The van der Waals surface area contributed by atoms with Crippen LogP contribution in [-0.4, -0.2) is 30.2 Å². The van der Waals surface area contributed by atoms with Crippen molar-refractivity contribution in [3.8, 4) is 0 Å². The van der Waals surface area contributed by atoms with Crippen LogP contribution in [-0.2, 0) is 14.3 Å². The highest BCUT2D eigenvalue weighted by Crippen LogP contribution is 2.25. The van der Waals surface area contributed by atoms with Crippen molar-refractivity contribution in [2.45, 2.75) is 32.2 Å². The van der Waals surface area contributed by atoms with Gasteiger partial charge in [-0.05, 0) is 36.5 Å². The van der Waals surface area contributed by atoms with E-state index < -0.39 is 17.8 Å². The molecular formula is C17H22FNO4. The van der Waals surface area contributed by atoms with Gasteiger partial charge in [-0.3, -0.25) is 9.59 Å². The van der Waals surface area contributed by atoms with Gasteiger partial charge >= 0.3 is 5.97 Å². The van der Waals surface area contributed by atoms with Gasteiger partial charge in [0.25, 0.3) is 0 Å². The molecule has 0 bridgehead atoms. The summed E-state index contributed by atoms with van der Waals surface area (Å²) >= 11 is 0. The molecule has 0 aliphatic carbocycles. The molecule has 2 rings (SSSR count). The molecule has 2 N–H and O–H groups in total. The normalized spacial score (nSPS) is 18.2. The van der Waals surface area contributed by atoms with Crippen LogP contribution in [0.1, 0.15) is 37.8 Å². The van der Waals surface area contributed by atoms with Crippen LogP contribution in [0.25, 0.3) is 0 Å². The molecule has 23 heavy (non-hydrogen) atoms. The van der Waals surface area contributed by atoms with Crippen molar-refractivity contribution < 1.29 is 23.8 Å². The maximum absolute atomic E-state index is 13.0. The van der Waals surface area contributed by atoms with E-state index in [-0.39, 0.29) is 24.2 Å². The van der Waals surface area contributed by atoms with Crippen molar-refractivity contribution in [2.75, 3.05) is 13.2 Å². The summed E-state index contributed by atoms with van der Waals surface area (Å²) in [4.78, 5) is 23.5. The third kappa shape index (κ3) is 5.03. The Morgan fingerprint density at radius 2 is 1.91 bits per heavy atom. The number of halogens is 1. The highest BCUT2D eigenvalue weighted by molar-refractivity contribution is 5.80. The summed E-state index contributed by atoms with van der Waals surface area (Å²) in [6.07, 6.45) is 1.42. The van der Waals surface area contributed by atoms with E-state index in [9.17, 15) is 14.0 Å². The lowest BCUT2D eigenvalue weighted by Gasteiger charge is -2.28. The van der Waals surface area contributed by atoms with Gasteiger partial charge in [-0.2, -0.15) is 0 Å². The summed E-state index contributed by atoms with van der Waals surface area (Å²) in [5.74, 6) is -1.56. The van der Waals surface area contributed by atoms with E-state index in [2.05, 4.69) is 5.32 Å². The molecule has 5 nitrogen and oxygen atoms in total. The molecule has 1 amide bonds. The lowest BCUT2D eigenvalue weighted by Crippen LogP contribution is -2.38. The van der Waals surface area contributed by atoms with Gasteiger partial charge in [0.15, 0.2) is 0 Å². The van der Waals surface area contributed by atoms with Crippen LogP contribution in [0, 0.1) is 17.7 Å². The molecule has 1 aliphatic heterocycles. The van der Waals surface area contributed by atoms with E-state index in [1.807, 2.05) is 6.92 Å². The largest absolute Gasteiger partial charge is 0.481 e. The number of amides is 1. The first-order chi connectivity index (χ1) is 11.0. The van der Waals surface area contributed by atoms with Crippen molar-refractivity contribution in [1.29, 1.82) is 0 Å². The van der Waals surface area contributed by atoms with E-state index in [1.54, 1.807) is 0 Å². The molecule has 0 radical (unpaired) electrons. The Hall–Kier alpha value is -1.95. The zero-order valence-electron chi connectivity index (χ0n) is 13.1. The Balaban J connectivity index is 2.05. The van der Waals surface area contributed by atoms with Gasteiger partial charge in [0, 0.05) is 19.1 Å². The number of hydrogen-bond donors (Lipinski definition) is 2. The summed E-state index contributed by atoms with van der Waals surface area (Å²) in [5, 5.41) is 11.9. The molecule has 1 heterocycles. The monoisotopic (exact) mass is 323 g/mol. The van der Waals surface area contributed by atoms with Crippen LogP contribution in [0.3, 0.4) is 0 Å². The number of carbonyl (C=O) groups is 2. The second-order valence-corrected chi connectivity index (χ2v) is 5.95. The van der Waals surface area contributed by atoms with E-state index in [1.165, 1.54) is 24.3 Å². The van der Waals surface area contributed by atoms with Crippen molar-refractivity contribution in [3.63, 3.8) is 0 Å². The van der Waals surface area contributed by atoms with E-state index in [0.717, 1.165) is 12.8 Å². The molecule has 0 saturated carbocycles. The van der Waals surface area contributed by atoms with Crippen LogP contribution < -0.4 is 5.32 Å². The number of ether oxygens (including phenoxy) is 1. The molecule has 0 aromatic heterocycles. The average Bonchev–Trinajstić information content (AvgIpc) is 2.54. The molecule has 126 valence electrons. The minimum Gasteiger partial charge on any atom is -0.481 e. The molecule has 1 fully saturated rings. The molecular weight excluding hydrogens is 301 g/mol. The number of hydrogen-bond acceptors (Lipinski definition) is 3. The van der Waals surface area contributed by atoms with Gasteiger partial charge in [-0.1, -0.05) is 19.1 Å². The Labute approximate surface area is 134 Å². The fourth-order valence-corrected chi connectivity index (χ4v) is 2.85. The van der Waals surface area contributed by atoms with Gasteiger partial charge in [0.1, 0.15) is 5.82 Å². The molecule has 1 aliphatic rings. The second-order valence-electron chi connectivity index (χ2n) is 5.95. The molecule has 0 spiro atoms. The van der Waals surface area contributed by atoms with Gasteiger partial charge in [0.05, 0.1) is 12.5 Å². The Kier molecular flexibility index (Phi) is 6.10. The SMILES string of the molecule is CC(C(=O)NC(CC(=O)O)c1ccc(F)cc1)C1CCOCC1. The lowest BCUT2D eigenvalue weighted by atomic mass is 9.86. The van der Waals surface area contributed by atoms with Crippen molar-refractivity contribution in [1.82, 2.24) is 5.32 Å². The topological polar surface area (TPSA) is 75.6 Å². The zero-order valence-corrected chi connectivity index (χ0v) is 13.1. The Bertz CT molecular complexity index is 540. The van der Waals surface area contributed by atoms with E-state index in [0.29, 0.717) is 18.8 Å². The van der Waals surface area contributed by atoms with Gasteiger partial charge < -0.3 is 15.2 Å².